The number of benzene rings is 1. The fraction of sp³-hybridized carbons (Fsp3) is 0.400. The van der Waals surface area contributed by atoms with E-state index in [2.05, 4.69) is 22.0 Å². The second-order valence-electron chi connectivity index (χ2n) is 7.41. The number of pyridine rings is 1. The molecule has 1 aromatic heterocycles. The van der Waals surface area contributed by atoms with Crippen LogP contribution in [0.2, 0.25) is 0 Å². The van der Waals surface area contributed by atoms with E-state index in [0.717, 1.165) is 12.0 Å². The van der Waals surface area contributed by atoms with Gasteiger partial charge in [0.2, 0.25) is 0 Å². The molecule has 4 radical (unpaired) electrons. The lowest BCUT2D eigenvalue weighted by atomic mass is 9.59. The normalized spacial score (nSPS) is 15.9. The molecule has 2 atom stereocenters. The van der Waals surface area contributed by atoms with Gasteiger partial charge in [0.1, 0.15) is 33.0 Å². The van der Waals surface area contributed by atoms with Crippen LogP contribution in [0.5, 0.6) is 11.5 Å². The van der Waals surface area contributed by atoms with E-state index >= 15 is 0 Å². The van der Waals surface area contributed by atoms with E-state index in [9.17, 15) is 4.79 Å². The molecule has 9 heteroatoms. The van der Waals surface area contributed by atoms with Crippen LogP contribution in [-0.2, 0) is 10.1 Å². The number of methoxy groups -OCH3 is 1. The number of carbonyl (C=O) groups is 1. The Morgan fingerprint density at radius 1 is 1.31 bits per heavy atom. The average Bonchev–Trinajstić information content (AvgIpc) is 2.65. The fourth-order valence-electron chi connectivity index (χ4n) is 3.29. The molecular weight excluding hydrogens is 368 g/mol. The number of hydrogen-bond acceptors (Lipinski definition) is 6. The molecule has 148 valence electrons. The third-order valence-electron chi connectivity index (χ3n) is 4.57. The van der Waals surface area contributed by atoms with Crippen molar-refractivity contribution < 1.29 is 19.0 Å². The van der Waals surface area contributed by atoms with Crippen LogP contribution < -0.4 is 20.5 Å². The van der Waals surface area contributed by atoms with Crippen molar-refractivity contribution >= 4 is 27.6 Å². The summed E-state index contributed by atoms with van der Waals surface area (Å²) in [6, 6.07) is 7.25. The summed E-state index contributed by atoms with van der Waals surface area (Å²) >= 11 is 0. The summed E-state index contributed by atoms with van der Waals surface area (Å²) in [5.41, 5.74) is 7.80. The van der Waals surface area contributed by atoms with Crippen LogP contribution in [0.15, 0.2) is 30.5 Å². The first-order valence-electron chi connectivity index (χ1n) is 9.34. The first-order valence-corrected chi connectivity index (χ1v) is 9.34. The van der Waals surface area contributed by atoms with E-state index in [1.165, 1.54) is 13.3 Å². The number of nitrogens with two attached hydrogens (primary N) is 1. The number of hydrogen-bond donors (Lipinski definition) is 2. The third kappa shape index (κ3) is 4.85. The van der Waals surface area contributed by atoms with Crippen LogP contribution in [0, 0.1) is 5.92 Å². The van der Waals surface area contributed by atoms with Crippen molar-refractivity contribution in [1.82, 2.24) is 4.98 Å². The second kappa shape index (κ2) is 8.37. The molecule has 1 aliphatic heterocycles. The number of anilines is 1. The van der Waals surface area contributed by atoms with Crippen molar-refractivity contribution in [3.63, 3.8) is 0 Å². The maximum Gasteiger partial charge on any atom is 0.412 e. The Morgan fingerprint density at radius 2 is 2.07 bits per heavy atom. The van der Waals surface area contributed by atoms with Crippen molar-refractivity contribution in [1.29, 1.82) is 0 Å². The van der Waals surface area contributed by atoms with Crippen LogP contribution in [-0.4, -0.2) is 46.5 Å². The Balaban J connectivity index is 1.88. The first-order chi connectivity index (χ1) is 13.7. The topological polar surface area (TPSA) is 95.7 Å². The van der Waals surface area contributed by atoms with Gasteiger partial charge >= 0.3 is 6.09 Å². The standard InChI is InChI=1S/C20H23B2N3O4/c1-11(6-12(2)23)10-28-13-4-5-14-15-8-18(25-19(26)27-3)24-9-16(15)20(21,22)29-17(14)7-13/h4-5,7-9,11-12H,6,10,23H2,1-3H3,(H,24,25,26). The van der Waals surface area contributed by atoms with E-state index < -0.39 is 11.5 Å². The maximum atomic E-state index is 11.5. The SMILES string of the molecule is [B]C1([B])Oc2cc(OCC(C)CC(C)N)ccc2-c2cc(NC(=O)OC)ncc21. The molecule has 29 heavy (non-hydrogen) atoms. The molecule has 7 nitrogen and oxygen atoms in total. The van der Waals surface area contributed by atoms with E-state index in [1.807, 2.05) is 19.1 Å². The lowest BCUT2D eigenvalue weighted by Gasteiger charge is -2.36. The highest BCUT2D eigenvalue weighted by Crippen LogP contribution is 2.44. The van der Waals surface area contributed by atoms with Crippen molar-refractivity contribution in [2.75, 3.05) is 19.0 Å². The predicted molar refractivity (Wildman–Crippen MR) is 112 cm³/mol. The van der Waals surface area contributed by atoms with Crippen LogP contribution >= 0.6 is 0 Å². The largest absolute Gasteiger partial charge is 0.502 e. The van der Waals surface area contributed by atoms with Gasteiger partial charge < -0.3 is 19.9 Å². The smallest absolute Gasteiger partial charge is 0.412 e. The summed E-state index contributed by atoms with van der Waals surface area (Å²) in [5, 5.41) is 0.960. The molecule has 2 aromatic rings. The number of nitrogens with one attached hydrogen (secondary N) is 1. The molecular formula is C20H23B2N3O4. The average molecular weight is 391 g/mol. The van der Waals surface area contributed by atoms with Crippen LogP contribution in [0.3, 0.4) is 0 Å². The van der Waals surface area contributed by atoms with E-state index in [-0.39, 0.29) is 6.04 Å². The van der Waals surface area contributed by atoms with Gasteiger partial charge in [-0.05, 0) is 43.0 Å². The zero-order chi connectivity index (χ0) is 21.2. The van der Waals surface area contributed by atoms with E-state index in [4.69, 9.17) is 30.9 Å². The van der Waals surface area contributed by atoms with Gasteiger partial charge in [-0.2, -0.15) is 0 Å². The van der Waals surface area contributed by atoms with Crippen LogP contribution in [0.4, 0.5) is 10.6 Å². The lowest BCUT2D eigenvalue weighted by molar-refractivity contribution is 0.187. The summed E-state index contributed by atoms with van der Waals surface area (Å²) < 4.78 is 16.3. The molecule has 0 bridgehead atoms. The molecule has 1 aliphatic rings. The zero-order valence-electron chi connectivity index (χ0n) is 16.8. The summed E-state index contributed by atoms with van der Waals surface area (Å²) in [6.07, 6.45) is 1.72. The number of fused-ring (bicyclic) bond motifs is 3. The van der Waals surface area contributed by atoms with Gasteiger partial charge in [-0.3, -0.25) is 5.32 Å². The minimum atomic E-state index is -1.57. The fourth-order valence-corrected chi connectivity index (χ4v) is 3.29. The molecule has 0 fully saturated rings. The quantitative estimate of drug-likeness (QED) is 0.735. The van der Waals surface area contributed by atoms with Gasteiger partial charge in [0.05, 0.1) is 19.1 Å². The number of aromatic nitrogens is 1. The summed E-state index contributed by atoms with van der Waals surface area (Å²) in [4.78, 5) is 15.6. The zero-order valence-corrected chi connectivity index (χ0v) is 16.8. The molecule has 3 N–H and O–H groups in total. The molecule has 1 aromatic carbocycles. The Hall–Kier alpha value is -2.67. The van der Waals surface area contributed by atoms with Gasteiger partial charge in [-0.15, -0.1) is 0 Å². The van der Waals surface area contributed by atoms with E-state index in [1.54, 1.807) is 12.1 Å². The molecule has 0 aliphatic carbocycles. The molecule has 2 heterocycles. The Morgan fingerprint density at radius 3 is 2.76 bits per heavy atom. The molecule has 0 saturated carbocycles. The highest BCUT2D eigenvalue weighted by Gasteiger charge is 2.32. The highest BCUT2D eigenvalue weighted by molar-refractivity contribution is 6.39. The molecule has 0 saturated heterocycles. The minimum Gasteiger partial charge on any atom is -0.502 e. The minimum absolute atomic E-state index is 0.119. The van der Waals surface area contributed by atoms with Gasteiger partial charge in [0.25, 0.3) is 0 Å². The summed E-state index contributed by atoms with van der Waals surface area (Å²) in [5.74, 6) is 1.75. The molecule has 3 rings (SSSR count). The molecule has 0 spiro atoms. The Kier molecular flexibility index (Phi) is 6.07. The maximum absolute atomic E-state index is 11.5. The monoisotopic (exact) mass is 391 g/mol. The van der Waals surface area contributed by atoms with E-state index in [0.29, 0.717) is 41.0 Å². The first kappa shape index (κ1) is 21.0. The number of amides is 1. The second-order valence-corrected chi connectivity index (χ2v) is 7.41. The number of ether oxygens (including phenoxy) is 3. The van der Waals surface area contributed by atoms with Crippen molar-refractivity contribution in [3.05, 3.63) is 36.0 Å². The van der Waals surface area contributed by atoms with Crippen molar-refractivity contribution in [2.45, 2.75) is 31.7 Å². The number of nitrogens with zero attached hydrogens (tertiary/aromatic N) is 1. The molecule has 2 unspecified atom stereocenters. The lowest BCUT2D eigenvalue weighted by Crippen LogP contribution is -2.37. The highest BCUT2D eigenvalue weighted by atomic mass is 16.5. The summed E-state index contributed by atoms with van der Waals surface area (Å²) in [6.45, 7) is 4.59. The number of carbonyl (C=O) groups excluding carboxylic acids is 1. The van der Waals surface area contributed by atoms with Gasteiger partial charge in [-0.25, -0.2) is 9.78 Å². The van der Waals surface area contributed by atoms with Gasteiger partial charge in [-0.1, -0.05) is 6.92 Å². The van der Waals surface area contributed by atoms with Crippen molar-refractivity contribution in [3.8, 4) is 22.6 Å². The Bertz CT molecular complexity index is 905. The third-order valence-corrected chi connectivity index (χ3v) is 4.57. The summed E-state index contributed by atoms with van der Waals surface area (Å²) in [7, 11) is 13.6. The van der Waals surface area contributed by atoms with Crippen LogP contribution in [0.25, 0.3) is 11.1 Å². The Labute approximate surface area is 173 Å². The van der Waals surface area contributed by atoms with Gasteiger partial charge in [0, 0.05) is 29.4 Å². The number of rotatable bonds is 6. The van der Waals surface area contributed by atoms with Gasteiger partial charge in [0.15, 0.2) is 0 Å². The van der Waals surface area contributed by atoms with Crippen LogP contribution in [0.1, 0.15) is 25.8 Å². The van der Waals surface area contributed by atoms with Crippen molar-refractivity contribution in [2.24, 2.45) is 11.7 Å². The molecule has 1 amide bonds. The predicted octanol–water partition coefficient (Wildman–Crippen LogP) is 2.52.